The van der Waals surface area contributed by atoms with E-state index in [1.165, 1.54) is 17.8 Å². The van der Waals surface area contributed by atoms with Gasteiger partial charge >= 0.3 is 0 Å². The number of hydrogen-bond donors (Lipinski definition) is 1. The van der Waals surface area contributed by atoms with Crippen molar-refractivity contribution in [3.05, 3.63) is 42.2 Å². The quantitative estimate of drug-likeness (QED) is 0.855. The summed E-state index contributed by atoms with van der Waals surface area (Å²) in [7, 11) is 0. The van der Waals surface area contributed by atoms with Crippen molar-refractivity contribution in [1.29, 1.82) is 0 Å². The predicted molar refractivity (Wildman–Crippen MR) is 80.8 cm³/mol. The van der Waals surface area contributed by atoms with Gasteiger partial charge in [0, 0.05) is 18.4 Å². The molecule has 1 amide bonds. The van der Waals surface area contributed by atoms with Crippen LogP contribution in [0.15, 0.2) is 35.7 Å². The van der Waals surface area contributed by atoms with E-state index in [-0.39, 0.29) is 0 Å². The summed E-state index contributed by atoms with van der Waals surface area (Å²) in [5.41, 5.74) is -0.412. The molecule has 1 aromatic carbocycles. The molecule has 1 aromatic heterocycles. The highest BCUT2D eigenvalue weighted by molar-refractivity contribution is 8.00. The number of hydrogen-bond acceptors (Lipinski definition) is 3. The molecule has 0 radical (unpaired) electrons. The average Bonchev–Trinajstić information content (AvgIpc) is 3.23. The molecular weight excluding hydrogens is 308 g/mol. The van der Waals surface area contributed by atoms with Crippen molar-refractivity contribution in [1.82, 2.24) is 9.55 Å². The van der Waals surface area contributed by atoms with Crippen LogP contribution in [0.2, 0.25) is 0 Å². The van der Waals surface area contributed by atoms with E-state index in [9.17, 15) is 13.6 Å². The van der Waals surface area contributed by atoms with Crippen LogP contribution in [0.4, 0.5) is 14.5 Å². The lowest BCUT2D eigenvalue weighted by atomic mass is 10.3. The Labute approximate surface area is 130 Å². The number of rotatable bonds is 5. The van der Waals surface area contributed by atoms with E-state index in [2.05, 4.69) is 10.3 Å². The van der Waals surface area contributed by atoms with Crippen LogP contribution in [-0.2, 0) is 4.79 Å². The second-order valence-corrected chi connectivity index (χ2v) is 6.50. The van der Waals surface area contributed by atoms with Crippen LogP contribution in [0.1, 0.15) is 25.8 Å². The number of benzene rings is 1. The Bertz CT molecular complexity index is 680. The molecule has 0 unspecified atom stereocenters. The van der Waals surface area contributed by atoms with E-state index in [1.54, 1.807) is 13.1 Å². The van der Waals surface area contributed by atoms with Crippen molar-refractivity contribution in [2.45, 2.75) is 36.2 Å². The molecule has 0 spiro atoms. The van der Waals surface area contributed by atoms with E-state index in [0.717, 1.165) is 30.1 Å². The second-order valence-electron chi connectivity index (χ2n) is 5.19. The van der Waals surface area contributed by atoms with Crippen molar-refractivity contribution in [3.8, 4) is 0 Å². The van der Waals surface area contributed by atoms with Gasteiger partial charge in [0.15, 0.2) is 5.16 Å². The minimum Gasteiger partial charge on any atom is -0.323 e. The number of nitrogens with one attached hydrogen (secondary N) is 1. The molecule has 1 heterocycles. The van der Waals surface area contributed by atoms with Crippen LogP contribution in [-0.4, -0.2) is 20.7 Å². The lowest BCUT2D eigenvalue weighted by Gasteiger charge is -2.13. The standard InChI is InChI=1S/C15H15F2N3OS/c1-9(22-15-18-7-8-20(15)10-5-6-10)14(21)19-13-11(16)3-2-4-12(13)17/h2-4,7-10H,5-6H2,1H3,(H,19,21)/t9-/m0/s1. The molecule has 22 heavy (non-hydrogen) atoms. The van der Waals surface area contributed by atoms with Gasteiger partial charge in [0.25, 0.3) is 0 Å². The number of aromatic nitrogens is 2. The molecule has 1 aliphatic rings. The molecule has 7 heteroatoms. The smallest absolute Gasteiger partial charge is 0.237 e. The van der Waals surface area contributed by atoms with Crippen LogP contribution in [0.3, 0.4) is 0 Å². The number of carbonyl (C=O) groups excluding carboxylic acids is 1. The number of carbonyl (C=O) groups is 1. The van der Waals surface area contributed by atoms with Gasteiger partial charge in [-0.15, -0.1) is 0 Å². The van der Waals surface area contributed by atoms with Crippen molar-refractivity contribution >= 4 is 23.4 Å². The number of imidazole rings is 1. The maximum Gasteiger partial charge on any atom is 0.237 e. The van der Waals surface area contributed by atoms with Crippen molar-refractivity contribution in [2.75, 3.05) is 5.32 Å². The third-order valence-electron chi connectivity index (χ3n) is 3.44. The summed E-state index contributed by atoms with van der Waals surface area (Å²) in [5.74, 6) is -2.03. The van der Waals surface area contributed by atoms with Gasteiger partial charge in [-0.05, 0) is 31.9 Å². The SMILES string of the molecule is C[C@H](Sc1nccn1C1CC1)C(=O)Nc1c(F)cccc1F. The maximum absolute atomic E-state index is 13.6. The van der Waals surface area contributed by atoms with Crippen molar-refractivity contribution < 1.29 is 13.6 Å². The molecule has 1 saturated carbocycles. The molecule has 2 aromatic rings. The van der Waals surface area contributed by atoms with E-state index < -0.39 is 28.5 Å². The maximum atomic E-state index is 13.6. The zero-order valence-corrected chi connectivity index (χ0v) is 12.7. The molecule has 1 N–H and O–H groups in total. The highest BCUT2D eigenvalue weighted by Gasteiger charge is 2.27. The molecule has 4 nitrogen and oxygen atoms in total. The number of thioether (sulfide) groups is 1. The Hall–Kier alpha value is -1.89. The first-order valence-electron chi connectivity index (χ1n) is 7.00. The summed E-state index contributed by atoms with van der Waals surface area (Å²) in [4.78, 5) is 16.4. The minimum atomic E-state index is -0.787. The first-order valence-corrected chi connectivity index (χ1v) is 7.88. The lowest BCUT2D eigenvalue weighted by Crippen LogP contribution is -2.24. The number of nitrogens with zero attached hydrogens (tertiary/aromatic N) is 2. The van der Waals surface area contributed by atoms with Crippen molar-refractivity contribution in [3.63, 3.8) is 0 Å². The molecule has 116 valence electrons. The zero-order chi connectivity index (χ0) is 15.7. The Morgan fingerprint density at radius 2 is 2.09 bits per heavy atom. The van der Waals surface area contributed by atoms with Gasteiger partial charge < -0.3 is 9.88 Å². The number of halogens is 2. The average molecular weight is 323 g/mol. The summed E-state index contributed by atoms with van der Waals surface area (Å²) < 4.78 is 29.1. The van der Waals surface area contributed by atoms with Crippen LogP contribution in [0.5, 0.6) is 0 Å². The van der Waals surface area contributed by atoms with Crippen LogP contribution >= 0.6 is 11.8 Å². The Morgan fingerprint density at radius 3 is 2.73 bits per heavy atom. The lowest BCUT2D eigenvalue weighted by molar-refractivity contribution is -0.115. The topological polar surface area (TPSA) is 46.9 Å². The van der Waals surface area contributed by atoms with Gasteiger partial charge in [0.05, 0.1) is 5.25 Å². The van der Waals surface area contributed by atoms with E-state index in [4.69, 9.17) is 0 Å². The molecule has 0 aliphatic heterocycles. The van der Waals surface area contributed by atoms with Crippen LogP contribution in [0.25, 0.3) is 0 Å². The first-order chi connectivity index (χ1) is 10.6. The van der Waals surface area contributed by atoms with Crippen LogP contribution < -0.4 is 5.32 Å². The summed E-state index contributed by atoms with van der Waals surface area (Å²) in [6.07, 6.45) is 5.82. The summed E-state index contributed by atoms with van der Waals surface area (Å²) in [6, 6.07) is 3.93. The zero-order valence-electron chi connectivity index (χ0n) is 11.9. The molecule has 3 rings (SSSR count). The summed E-state index contributed by atoms with van der Waals surface area (Å²) >= 11 is 1.28. The minimum absolute atomic E-state index is 0.412. The van der Waals surface area contributed by atoms with Gasteiger partial charge in [-0.1, -0.05) is 17.8 Å². The van der Waals surface area contributed by atoms with Gasteiger partial charge in [-0.3, -0.25) is 4.79 Å². The van der Waals surface area contributed by atoms with Gasteiger partial charge in [-0.25, -0.2) is 13.8 Å². The molecule has 1 atom stereocenters. The largest absolute Gasteiger partial charge is 0.323 e. The number of para-hydroxylation sites is 1. The third-order valence-corrected chi connectivity index (χ3v) is 4.53. The summed E-state index contributed by atoms with van der Waals surface area (Å²) in [6.45, 7) is 1.69. The molecule has 1 aliphatic carbocycles. The predicted octanol–water partition coefficient (Wildman–Crippen LogP) is 3.62. The van der Waals surface area contributed by atoms with Crippen molar-refractivity contribution in [2.24, 2.45) is 0 Å². The van der Waals surface area contributed by atoms with E-state index in [1.807, 2.05) is 10.8 Å². The highest BCUT2D eigenvalue weighted by atomic mass is 32.2. The molecule has 0 saturated heterocycles. The van der Waals surface area contributed by atoms with E-state index >= 15 is 0 Å². The molecule has 1 fully saturated rings. The fraction of sp³-hybridized carbons (Fsp3) is 0.333. The Balaban J connectivity index is 1.68. The van der Waals surface area contributed by atoms with Gasteiger partial charge in [0.1, 0.15) is 17.3 Å². The monoisotopic (exact) mass is 323 g/mol. The fourth-order valence-corrected chi connectivity index (χ4v) is 3.01. The highest BCUT2D eigenvalue weighted by Crippen LogP contribution is 2.38. The molecule has 0 bridgehead atoms. The second kappa shape index (κ2) is 6.08. The summed E-state index contributed by atoms with van der Waals surface area (Å²) in [5, 5.41) is 2.54. The number of amides is 1. The number of anilines is 1. The fourth-order valence-electron chi connectivity index (χ4n) is 2.07. The van der Waals surface area contributed by atoms with Crippen LogP contribution in [0, 0.1) is 11.6 Å². The van der Waals surface area contributed by atoms with Gasteiger partial charge in [-0.2, -0.15) is 0 Å². The normalized spacial score (nSPS) is 15.6. The van der Waals surface area contributed by atoms with E-state index in [0.29, 0.717) is 6.04 Å². The van der Waals surface area contributed by atoms with Gasteiger partial charge in [0.2, 0.25) is 5.91 Å². The Kier molecular flexibility index (Phi) is 4.15. The third kappa shape index (κ3) is 3.14. The molecular formula is C15H15F2N3OS. The Morgan fingerprint density at radius 1 is 1.41 bits per heavy atom. The first kappa shape index (κ1) is 15.0.